The van der Waals surface area contributed by atoms with Gasteiger partial charge in [0.25, 0.3) is 0 Å². The molecule has 2 heterocycles. The highest BCUT2D eigenvalue weighted by molar-refractivity contribution is 7.26. The van der Waals surface area contributed by atoms with Crippen molar-refractivity contribution in [2.24, 2.45) is 0 Å². The summed E-state index contributed by atoms with van der Waals surface area (Å²) in [5, 5.41) is 5.14. The lowest BCUT2D eigenvalue weighted by Crippen LogP contribution is -2.28. The first kappa shape index (κ1) is 64.4. The van der Waals surface area contributed by atoms with Crippen LogP contribution in [-0.4, -0.2) is 0 Å². The number of benzene rings is 17. The highest BCUT2D eigenvalue weighted by atomic mass is 32.1. The Balaban J connectivity index is 0.000000143. The van der Waals surface area contributed by atoms with Crippen LogP contribution in [0.2, 0.25) is 0 Å². The minimum atomic E-state index is -0.436. The van der Waals surface area contributed by atoms with E-state index in [0.717, 1.165) is 28.4 Å². The van der Waals surface area contributed by atoms with Gasteiger partial charge in [0.15, 0.2) is 0 Å². The highest BCUT2D eigenvalue weighted by Crippen LogP contribution is 2.59. The fourth-order valence-corrected chi connectivity index (χ4v) is 19.9. The molecule has 2 aliphatic carbocycles. The van der Waals surface area contributed by atoms with Crippen LogP contribution in [0.3, 0.4) is 0 Å². The predicted octanol–water partition coefficient (Wildman–Crippen LogP) is 28.8. The molecule has 2 aromatic heterocycles. The molecule has 0 saturated carbocycles. The summed E-state index contributed by atoms with van der Waals surface area (Å²) in [6.45, 7) is 0. The van der Waals surface area contributed by atoms with Crippen molar-refractivity contribution in [1.82, 2.24) is 0 Å². The van der Waals surface area contributed by atoms with Crippen molar-refractivity contribution in [2.45, 2.75) is 10.8 Å². The molecule has 19 aromatic rings. The maximum Gasteiger partial charge on any atom is 0.0714 e. The Kier molecular flexibility index (Phi) is 16.1. The van der Waals surface area contributed by atoms with Crippen molar-refractivity contribution in [2.75, 3.05) is 9.80 Å². The van der Waals surface area contributed by atoms with Gasteiger partial charge in [-0.2, -0.15) is 0 Å². The smallest absolute Gasteiger partial charge is 0.0714 e. The molecule has 2 aliphatic rings. The zero-order chi connectivity index (χ0) is 71.5. The number of thiophene rings is 2. The van der Waals surface area contributed by atoms with Crippen molar-refractivity contribution in [3.63, 3.8) is 0 Å². The molecule has 21 rings (SSSR count). The first-order valence-electron chi connectivity index (χ1n) is 37.1. The van der Waals surface area contributed by atoms with Crippen molar-refractivity contribution in [3.8, 4) is 55.6 Å². The third-order valence-electron chi connectivity index (χ3n) is 22.3. The van der Waals surface area contributed by atoms with E-state index in [1.165, 1.54) is 146 Å². The van der Waals surface area contributed by atoms with Gasteiger partial charge in [-0.15, -0.1) is 22.7 Å². The molecule has 0 unspecified atom stereocenters. The number of para-hydroxylation sites is 1. The molecule has 0 fully saturated rings. The van der Waals surface area contributed by atoms with E-state index < -0.39 is 10.8 Å². The van der Waals surface area contributed by atoms with E-state index in [-0.39, 0.29) is 0 Å². The Bertz CT molecular complexity index is 6340. The van der Waals surface area contributed by atoms with Gasteiger partial charge in [0.2, 0.25) is 0 Å². The van der Waals surface area contributed by atoms with Gasteiger partial charge < -0.3 is 9.80 Å². The summed E-state index contributed by atoms with van der Waals surface area (Å²) in [5.74, 6) is 0. The summed E-state index contributed by atoms with van der Waals surface area (Å²) in [6.07, 6.45) is 0. The molecule has 0 spiro atoms. The summed E-state index contributed by atoms with van der Waals surface area (Å²) in [5.41, 5.74) is 29.0. The minimum absolute atomic E-state index is 0.410. The summed E-state index contributed by atoms with van der Waals surface area (Å²) in [4.78, 5) is 4.79. The molecule has 0 radical (unpaired) electrons. The summed E-state index contributed by atoms with van der Waals surface area (Å²) >= 11 is 3.77. The fraction of sp³-hybridized carbons (Fsp3) is 0.0192. The lowest BCUT2D eigenvalue weighted by molar-refractivity contribution is 0.770. The Morgan fingerprint density at radius 2 is 0.528 bits per heavy atom. The van der Waals surface area contributed by atoms with Gasteiger partial charge in [-0.25, -0.2) is 0 Å². The average Bonchev–Trinajstić information content (AvgIpc) is 1.54. The zero-order valence-electron chi connectivity index (χ0n) is 59.1. The van der Waals surface area contributed by atoms with Gasteiger partial charge in [0, 0.05) is 64.1 Å². The first-order chi connectivity index (χ1) is 53.6. The van der Waals surface area contributed by atoms with Gasteiger partial charge in [0.1, 0.15) is 0 Å². The molecule has 0 amide bonds. The second-order valence-electron chi connectivity index (χ2n) is 28.1. The van der Waals surface area contributed by atoms with Crippen LogP contribution in [0.4, 0.5) is 34.1 Å². The zero-order valence-corrected chi connectivity index (χ0v) is 60.8. The summed E-state index contributed by atoms with van der Waals surface area (Å²) < 4.78 is 5.13. The normalized spacial score (nSPS) is 12.8. The first-order valence-corrected chi connectivity index (χ1v) is 38.7. The SMILES string of the molecule is c1ccc(-c2ccc(N(c3ccc(-c4ccccc4)cc3)c3cccc4c3sc3cc(C5(c6ccccc6)c6ccccc6-c6ccccc65)ccc34)cc2)cc1.c1ccc(-c2ccc(N(c3ccccc3)c3ccc4c(c3)sc3ccc(C5(c6ccccc6)c6ccccc6-c6ccccc65)cc34)cc2)cc1. The van der Waals surface area contributed by atoms with E-state index in [1.807, 2.05) is 22.7 Å². The minimum Gasteiger partial charge on any atom is -0.310 e. The Hall–Kier alpha value is -13.2. The molecule has 0 aliphatic heterocycles. The van der Waals surface area contributed by atoms with Gasteiger partial charge in [-0.05, 0) is 185 Å². The molecule has 508 valence electrons. The van der Waals surface area contributed by atoms with Crippen LogP contribution in [0.25, 0.3) is 96.0 Å². The number of nitrogens with zero attached hydrogens (tertiary/aromatic N) is 2. The quantitative estimate of drug-likeness (QED) is 0.114. The predicted molar refractivity (Wildman–Crippen MR) is 459 cm³/mol. The van der Waals surface area contributed by atoms with Crippen LogP contribution in [0.15, 0.2) is 425 Å². The maximum absolute atomic E-state index is 2.48. The van der Waals surface area contributed by atoms with Crippen LogP contribution < -0.4 is 9.80 Å². The lowest BCUT2D eigenvalue weighted by atomic mass is 9.67. The van der Waals surface area contributed by atoms with Crippen molar-refractivity contribution in [3.05, 3.63) is 469 Å². The molecule has 4 heteroatoms. The molecule has 0 N–H and O–H groups in total. The summed E-state index contributed by atoms with van der Waals surface area (Å²) in [6, 6.07) is 156. The summed E-state index contributed by atoms with van der Waals surface area (Å²) in [7, 11) is 0. The topological polar surface area (TPSA) is 6.48 Å². The average molecular weight is 1410 g/mol. The van der Waals surface area contributed by atoms with Crippen LogP contribution in [0.1, 0.15) is 44.5 Å². The van der Waals surface area contributed by atoms with E-state index in [9.17, 15) is 0 Å². The maximum atomic E-state index is 2.48. The third-order valence-corrected chi connectivity index (χ3v) is 24.7. The molecule has 108 heavy (non-hydrogen) atoms. The monoisotopic (exact) mass is 1410 g/mol. The molecule has 0 saturated heterocycles. The standard InChI is InChI=1S/C55H37NS.C49H33NS/c1-4-15-38(16-5-1)40-27-32-44(33-28-40)56(45-34-29-41(30-35-45)39-17-6-2-7-18-39)52-26-14-23-49-48-36-31-43(37-53(48)57-54(49)52)55(42-19-8-3-9-20-42)50-24-12-10-21-46(50)47-22-11-13-25-51(47)55;1-4-14-34(15-5-1)35-24-27-39(28-25-35)50(38-18-8-3-9-19-38)40-29-30-43-44-32-37(26-31-47(44)51-48(43)33-40)49(36-16-6-2-7-17-36)45-22-12-10-20-41(45)42-21-11-13-23-46(42)49/h1-37H;1-33H. The van der Waals surface area contributed by atoms with Gasteiger partial charge in [-0.1, -0.05) is 340 Å². The lowest BCUT2D eigenvalue weighted by Gasteiger charge is -2.34. The Labute approximate surface area is 637 Å². The fourth-order valence-electron chi connectivity index (χ4n) is 17.5. The number of anilines is 6. The van der Waals surface area contributed by atoms with Crippen LogP contribution in [-0.2, 0) is 10.8 Å². The van der Waals surface area contributed by atoms with Crippen LogP contribution in [0, 0.1) is 0 Å². The van der Waals surface area contributed by atoms with Gasteiger partial charge in [-0.3, -0.25) is 0 Å². The molecule has 0 atom stereocenters. The number of hydrogen-bond acceptors (Lipinski definition) is 4. The molecular formula is C104H70N2S2. The van der Waals surface area contributed by atoms with Crippen LogP contribution >= 0.6 is 22.7 Å². The van der Waals surface area contributed by atoms with E-state index in [2.05, 4.69) is 434 Å². The second kappa shape index (κ2) is 27.0. The Morgan fingerprint density at radius 3 is 0.991 bits per heavy atom. The molecular weight excluding hydrogens is 1340 g/mol. The third kappa shape index (κ3) is 10.7. The number of hydrogen-bond donors (Lipinski definition) is 0. The van der Waals surface area contributed by atoms with E-state index in [4.69, 9.17) is 0 Å². The number of rotatable bonds is 13. The van der Waals surface area contributed by atoms with E-state index >= 15 is 0 Å². The van der Waals surface area contributed by atoms with Gasteiger partial charge >= 0.3 is 0 Å². The van der Waals surface area contributed by atoms with E-state index in [0.29, 0.717) is 0 Å². The molecule has 17 aromatic carbocycles. The number of fused-ring (bicyclic) bond motifs is 12. The molecule has 0 bridgehead atoms. The van der Waals surface area contributed by atoms with Crippen molar-refractivity contribution >= 4 is 97.1 Å². The highest BCUT2D eigenvalue weighted by Gasteiger charge is 2.47. The van der Waals surface area contributed by atoms with E-state index in [1.54, 1.807) is 0 Å². The van der Waals surface area contributed by atoms with Crippen molar-refractivity contribution < 1.29 is 0 Å². The van der Waals surface area contributed by atoms with Crippen molar-refractivity contribution in [1.29, 1.82) is 0 Å². The Morgan fingerprint density at radius 1 is 0.185 bits per heavy atom. The largest absolute Gasteiger partial charge is 0.310 e. The van der Waals surface area contributed by atoms with Gasteiger partial charge in [0.05, 0.1) is 21.2 Å². The second-order valence-corrected chi connectivity index (χ2v) is 30.3. The van der Waals surface area contributed by atoms with Crippen LogP contribution in [0.5, 0.6) is 0 Å². The molecule has 2 nitrogen and oxygen atoms in total.